The summed E-state index contributed by atoms with van der Waals surface area (Å²) in [6.07, 6.45) is 0.707. The van der Waals surface area contributed by atoms with Crippen LogP contribution in [0, 0.1) is 0 Å². The zero-order valence-corrected chi connectivity index (χ0v) is 13.9. The number of phenolic OH excluding ortho intramolecular Hbond substituents is 1. The van der Waals surface area contributed by atoms with Gasteiger partial charge < -0.3 is 15.6 Å². The van der Waals surface area contributed by atoms with E-state index in [1.807, 2.05) is 37.3 Å². The van der Waals surface area contributed by atoms with Crippen LogP contribution in [0.2, 0.25) is 10.0 Å². The molecule has 0 saturated carbocycles. The van der Waals surface area contributed by atoms with Crippen LogP contribution in [0.5, 0.6) is 11.5 Å². The van der Waals surface area contributed by atoms with Crippen molar-refractivity contribution in [3.8, 4) is 11.5 Å². The van der Waals surface area contributed by atoms with E-state index >= 15 is 0 Å². The normalized spacial score (nSPS) is 12.2. The van der Waals surface area contributed by atoms with Gasteiger partial charge in [0.1, 0.15) is 0 Å². The highest BCUT2D eigenvalue weighted by Crippen LogP contribution is 2.36. The lowest BCUT2D eigenvalue weighted by molar-refractivity contribution is 0.318. The summed E-state index contributed by atoms with van der Waals surface area (Å²) < 4.78 is 5.41. The quantitative estimate of drug-likeness (QED) is 0.820. The van der Waals surface area contributed by atoms with Crippen LogP contribution in [0.4, 0.5) is 0 Å². The molecule has 0 spiro atoms. The molecule has 1 atom stereocenters. The molecule has 22 heavy (non-hydrogen) atoms. The molecule has 0 fully saturated rings. The van der Waals surface area contributed by atoms with Crippen LogP contribution in [0.3, 0.4) is 0 Å². The van der Waals surface area contributed by atoms with Crippen molar-refractivity contribution in [2.45, 2.75) is 19.3 Å². The highest BCUT2D eigenvalue weighted by atomic mass is 35.5. The number of phenols is 1. The third kappa shape index (κ3) is 4.07. The van der Waals surface area contributed by atoms with Crippen LogP contribution >= 0.6 is 23.2 Å². The van der Waals surface area contributed by atoms with E-state index in [9.17, 15) is 5.11 Å². The van der Waals surface area contributed by atoms with Gasteiger partial charge >= 0.3 is 0 Å². The minimum atomic E-state index is -0.0249. The summed E-state index contributed by atoms with van der Waals surface area (Å²) in [6, 6.07) is 11.2. The van der Waals surface area contributed by atoms with Crippen molar-refractivity contribution in [2.75, 3.05) is 13.2 Å². The summed E-state index contributed by atoms with van der Waals surface area (Å²) in [6.45, 7) is 2.82. The van der Waals surface area contributed by atoms with Gasteiger partial charge in [-0.1, -0.05) is 35.3 Å². The SMILES string of the molecule is CCOc1cc(CC(CN)c2ccc(Cl)cc2)cc(Cl)c1O. The van der Waals surface area contributed by atoms with Crippen LogP contribution in [-0.4, -0.2) is 18.3 Å². The molecule has 3 N–H and O–H groups in total. The van der Waals surface area contributed by atoms with Gasteiger partial charge in [0.05, 0.1) is 11.6 Å². The monoisotopic (exact) mass is 339 g/mol. The minimum absolute atomic E-state index is 0.0249. The fourth-order valence-corrected chi connectivity index (χ4v) is 2.73. The Labute approximate surface area is 140 Å². The standard InChI is InChI=1S/C17H19Cl2NO2/c1-2-22-16-9-11(8-15(19)17(16)21)7-13(10-20)12-3-5-14(18)6-4-12/h3-6,8-9,13,21H,2,7,10,20H2,1H3. The van der Waals surface area contributed by atoms with Crippen molar-refractivity contribution in [3.05, 3.63) is 57.6 Å². The van der Waals surface area contributed by atoms with Crippen LogP contribution in [0.15, 0.2) is 36.4 Å². The van der Waals surface area contributed by atoms with E-state index in [0.717, 1.165) is 11.1 Å². The van der Waals surface area contributed by atoms with E-state index in [-0.39, 0.29) is 16.7 Å². The lowest BCUT2D eigenvalue weighted by Crippen LogP contribution is -2.15. The molecule has 0 bridgehead atoms. The molecule has 0 aromatic heterocycles. The Hall–Kier alpha value is -1.42. The highest BCUT2D eigenvalue weighted by molar-refractivity contribution is 6.32. The number of ether oxygens (including phenoxy) is 1. The number of benzene rings is 2. The van der Waals surface area contributed by atoms with E-state index in [1.54, 1.807) is 6.07 Å². The Balaban J connectivity index is 2.25. The number of halogens is 2. The van der Waals surface area contributed by atoms with Gasteiger partial charge in [-0.3, -0.25) is 0 Å². The molecule has 118 valence electrons. The van der Waals surface area contributed by atoms with Crippen molar-refractivity contribution in [3.63, 3.8) is 0 Å². The average Bonchev–Trinajstić information content (AvgIpc) is 2.51. The predicted octanol–water partition coefficient (Wildman–Crippen LogP) is 4.38. The zero-order chi connectivity index (χ0) is 16.1. The van der Waals surface area contributed by atoms with Gasteiger partial charge in [-0.25, -0.2) is 0 Å². The summed E-state index contributed by atoms with van der Waals surface area (Å²) >= 11 is 12.0. The maximum atomic E-state index is 9.90. The average molecular weight is 340 g/mol. The Kier molecular flexibility index (Phi) is 5.95. The number of hydrogen-bond donors (Lipinski definition) is 2. The molecule has 0 amide bonds. The van der Waals surface area contributed by atoms with E-state index < -0.39 is 0 Å². The molecular weight excluding hydrogens is 321 g/mol. The Morgan fingerprint density at radius 1 is 1.18 bits per heavy atom. The van der Waals surface area contributed by atoms with Crippen molar-refractivity contribution in [1.82, 2.24) is 0 Å². The topological polar surface area (TPSA) is 55.5 Å². The van der Waals surface area contributed by atoms with Crippen molar-refractivity contribution >= 4 is 23.2 Å². The van der Waals surface area contributed by atoms with Crippen molar-refractivity contribution in [1.29, 1.82) is 0 Å². The first-order valence-corrected chi connectivity index (χ1v) is 7.90. The number of rotatable bonds is 6. The van der Waals surface area contributed by atoms with Crippen LogP contribution < -0.4 is 10.5 Å². The van der Waals surface area contributed by atoms with Crippen molar-refractivity contribution < 1.29 is 9.84 Å². The molecule has 0 radical (unpaired) electrons. The van der Waals surface area contributed by atoms with Gasteiger partial charge in [0.2, 0.25) is 0 Å². The fourth-order valence-electron chi connectivity index (χ4n) is 2.37. The molecule has 2 aromatic carbocycles. The second kappa shape index (κ2) is 7.73. The maximum Gasteiger partial charge on any atom is 0.176 e. The molecule has 2 rings (SSSR count). The highest BCUT2D eigenvalue weighted by Gasteiger charge is 2.15. The first-order chi connectivity index (χ1) is 10.5. The van der Waals surface area contributed by atoms with Crippen LogP contribution in [0.25, 0.3) is 0 Å². The summed E-state index contributed by atoms with van der Waals surface area (Å²) in [5.74, 6) is 0.521. The Morgan fingerprint density at radius 2 is 1.86 bits per heavy atom. The summed E-state index contributed by atoms with van der Waals surface area (Å²) in [5.41, 5.74) is 8.00. The maximum absolute atomic E-state index is 9.90. The lowest BCUT2D eigenvalue weighted by atomic mass is 9.92. The molecule has 1 unspecified atom stereocenters. The summed E-state index contributed by atoms with van der Waals surface area (Å²) in [5, 5.41) is 10.9. The second-order valence-electron chi connectivity index (χ2n) is 5.05. The molecular formula is C17H19Cl2NO2. The van der Waals surface area contributed by atoms with Crippen LogP contribution in [-0.2, 0) is 6.42 Å². The third-order valence-electron chi connectivity index (χ3n) is 3.50. The first-order valence-electron chi connectivity index (χ1n) is 7.14. The molecule has 0 aliphatic rings. The van der Waals surface area contributed by atoms with Gasteiger partial charge in [0.25, 0.3) is 0 Å². The Bertz CT molecular complexity index is 629. The van der Waals surface area contributed by atoms with E-state index in [2.05, 4.69) is 0 Å². The molecule has 0 aliphatic heterocycles. The molecule has 0 aliphatic carbocycles. The second-order valence-corrected chi connectivity index (χ2v) is 5.89. The van der Waals surface area contributed by atoms with E-state index in [4.69, 9.17) is 33.7 Å². The smallest absolute Gasteiger partial charge is 0.176 e. The molecule has 0 heterocycles. The molecule has 5 heteroatoms. The molecule has 2 aromatic rings. The van der Waals surface area contributed by atoms with Gasteiger partial charge in [0.15, 0.2) is 11.5 Å². The summed E-state index contributed by atoms with van der Waals surface area (Å²) in [7, 11) is 0. The summed E-state index contributed by atoms with van der Waals surface area (Å²) in [4.78, 5) is 0. The number of hydrogen-bond acceptors (Lipinski definition) is 3. The third-order valence-corrected chi connectivity index (χ3v) is 4.04. The van der Waals surface area contributed by atoms with Crippen LogP contribution in [0.1, 0.15) is 24.0 Å². The van der Waals surface area contributed by atoms with Gasteiger partial charge in [0, 0.05) is 10.9 Å². The largest absolute Gasteiger partial charge is 0.503 e. The van der Waals surface area contributed by atoms with Gasteiger partial charge in [-0.2, -0.15) is 0 Å². The van der Waals surface area contributed by atoms with Gasteiger partial charge in [-0.05, 0) is 55.3 Å². The molecule has 3 nitrogen and oxygen atoms in total. The lowest BCUT2D eigenvalue weighted by Gasteiger charge is -2.17. The molecule has 0 saturated heterocycles. The van der Waals surface area contributed by atoms with Gasteiger partial charge in [-0.15, -0.1) is 0 Å². The Morgan fingerprint density at radius 3 is 2.45 bits per heavy atom. The van der Waals surface area contributed by atoms with E-state index in [1.165, 1.54) is 0 Å². The first kappa shape index (κ1) is 16.9. The van der Waals surface area contributed by atoms with Crippen molar-refractivity contribution in [2.24, 2.45) is 5.73 Å². The zero-order valence-electron chi connectivity index (χ0n) is 12.4. The fraction of sp³-hybridized carbons (Fsp3) is 0.294. The number of nitrogens with two attached hydrogens (primary N) is 1. The predicted molar refractivity (Wildman–Crippen MR) is 91.2 cm³/mol. The number of aromatic hydroxyl groups is 1. The minimum Gasteiger partial charge on any atom is -0.503 e. The van der Waals surface area contributed by atoms with E-state index in [0.29, 0.717) is 30.3 Å².